The molecule has 4 nitrogen and oxygen atoms in total. The molecule has 1 aliphatic carbocycles. The van der Waals surface area contributed by atoms with Crippen molar-refractivity contribution >= 4 is 29.9 Å². The molecule has 1 saturated carbocycles. The Kier molecular flexibility index (Phi) is 5.72. The normalized spacial score (nSPS) is 19.4. The summed E-state index contributed by atoms with van der Waals surface area (Å²) in [4.78, 5) is 4.49. The van der Waals surface area contributed by atoms with Gasteiger partial charge < -0.3 is 15.4 Å². The van der Waals surface area contributed by atoms with Gasteiger partial charge >= 0.3 is 0 Å². The van der Waals surface area contributed by atoms with Crippen LogP contribution in [0.1, 0.15) is 31.2 Å². The Hall–Kier alpha value is -0.980. The molecule has 0 radical (unpaired) electrons. The van der Waals surface area contributed by atoms with Crippen LogP contribution in [0.5, 0.6) is 5.75 Å². The highest BCUT2D eigenvalue weighted by Crippen LogP contribution is 2.46. The van der Waals surface area contributed by atoms with E-state index in [-0.39, 0.29) is 29.4 Å². The Morgan fingerprint density at radius 3 is 2.71 bits per heavy atom. The Morgan fingerprint density at radius 2 is 2.10 bits per heavy atom. The lowest BCUT2D eigenvalue weighted by Crippen LogP contribution is -2.50. The third-order valence-corrected chi connectivity index (χ3v) is 4.48. The van der Waals surface area contributed by atoms with Gasteiger partial charge in [-0.25, -0.2) is 0 Å². The predicted octanol–water partition coefficient (Wildman–Crippen LogP) is 2.67. The van der Waals surface area contributed by atoms with Crippen molar-refractivity contribution in [2.45, 2.75) is 31.1 Å². The summed E-state index contributed by atoms with van der Waals surface area (Å²) in [6.45, 7) is 2.88. The molecular formula is C16H24IN3O. The van der Waals surface area contributed by atoms with E-state index < -0.39 is 0 Å². The van der Waals surface area contributed by atoms with Crippen molar-refractivity contribution in [3.05, 3.63) is 29.8 Å². The Bertz CT molecular complexity index is 500. The smallest absolute Gasteiger partial charge is 0.191 e. The van der Waals surface area contributed by atoms with E-state index in [4.69, 9.17) is 4.74 Å². The van der Waals surface area contributed by atoms with E-state index in [1.54, 1.807) is 7.11 Å². The van der Waals surface area contributed by atoms with E-state index in [1.807, 2.05) is 6.07 Å². The number of halogens is 1. The van der Waals surface area contributed by atoms with Crippen molar-refractivity contribution in [1.29, 1.82) is 0 Å². The van der Waals surface area contributed by atoms with Gasteiger partial charge in [0.2, 0.25) is 0 Å². The highest BCUT2D eigenvalue weighted by atomic mass is 127. The summed E-state index contributed by atoms with van der Waals surface area (Å²) in [6, 6.07) is 8.41. The first-order valence-electron chi connectivity index (χ1n) is 7.50. The fourth-order valence-corrected chi connectivity index (χ4v) is 3.13. The Balaban J connectivity index is 0.00000161. The van der Waals surface area contributed by atoms with Crippen LogP contribution in [0.4, 0.5) is 0 Å². The molecule has 1 aromatic carbocycles. The topological polar surface area (TPSA) is 45.6 Å². The quantitative estimate of drug-likeness (QED) is 0.763. The van der Waals surface area contributed by atoms with E-state index >= 15 is 0 Å². The van der Waals surface area contributed by atoms with Gasteiger partial charge in [0.25, 0.3) is 0 Å². The van der Waals surface area contributed by atoms with Crippen molar-refractivity contribution in [3.8, 4) is 5.75 Å². The number of nitrogens with one attached hydrogen (secondary N) is 2. The van der Waals surface area contributed by atoms with Crippen molar-refractivity contribution in [2.75, 3.05) is 26.7 Å². The van der Waals surface area contributed by atoms with Crippen molar-refractivity contribution in [2.24, 2.45) is 4.99 Å². The summed E-state index contributed by atoms with van der Waals surface area (Å²) in [7, 11) is 1.76. The molecule has 1 aromatic rings. The third kappa shape index (κ3) is 3.44. The molecule has 1 heterocycles. The third-order valence-electron chi connectivity index (χ3n) is 4.48. The largest absolute Gasteiger partial charge is 0.496 e. The van der Waals surface area contributed by atoms with Crippen molar-refractivity contribution in [1.82, 2.24) is 10.6 Å². The Morgan fingerprint density at radius 1 is 1.29 bits per heavy atom. The van der Waals surface area contributed by atoms with E-state index in [9.17, 15) is 0 Å². The van der Waals surface area contributed by atoms with Gasteiger partial charge in [-0.3, -0.25) is 4.99 Å². The molecule has 0 amide bonds. The summed E-state index contributed by atoms with van der Waals surface area (Å²) < 4.78 is 5.55. The van der Waals surface area contributed by atoms with Gasteiger partial charge in [-0.2, -0.15) is 0 Å². The summed E-state index contributed by atoms with van der Waals surface area (Å²) in [5.41, 5.74) is 1.53. The Labute approximate surface area is 143 Å². The lowest BCUT2D eigenvalue weighted by Gasteiger charge is -2.43. The summed E-state index contributed by atoms with van der Waals surface area (Å²) in [5.74, 6) is 1.96. The zero-order chi connectivity index (χ0) is 13.8. The molecule has 0 bridgehead atoms. The van der Waals surface area contributed by atoms with Gasteiger partial charge in [-0.05, 0) is 25.3 Å². The SMILES string of the molecule is COc1ccccc1C1(CNC2=NCCCN2)CCC1.I. The van der Waals surface area contributed by atoms with Crippen LogP contribution in [0.25, 0.3) is 0 Å². The standard InChI is InChI=1S/C16H23N3O.HI/c1-20-14-7-3-2-6-13(14)16(8-4-9-16)12-19-15-17-10-5-11-18-15;/h2-3,6-7H,4-5,8-12H2,1H3,(H2,17,18,19);1H. The lowest BCUT2D eigenvalue weighted by molar-refractivity contribution is 0.235. The highest BCUT2D eigenvalue weighted by Gasteiger charge is 2.40. The minimum absolute atomic E-state index is 0. The summed E-state index contributed by atoms with van der Waals surface area (Å²) >= 11 is 0. The molecule has 1 fully saturated rings. The first kappa shape index (κ1) is 16.4. The molecular weight excluding hydrogens is 377 g/mol. The van der Waals surface area contributed by atoms with Crippen molar-refractivity contribution in [3.63, 3.8) is 0 Å². The number of benzene rings is 1. The fraction of sp³-hybridized carbons (Fsp3) is 0.562. The maximum Gasteiger partial charge on any atom is 0.191 e. The van der Waals surface area contributed by atoms with Crippen LogP contribution in [0, 0.1) is 0 Å². The minimum Gasteiger partial charge on any atom is -0.496 e. The van der Waals surface area contributed by atoms with Gasteiger partial charge in [0.05, 0.1) is 7.11 Å². The number of nitrogens with zero attached hydrogens (tertiary/aromatic N) is 1. The summed E-state index contributed by atoms with van der Waals surface area (Å²) in [5, 5.41) is 6.83. The molecule has 116 valence electrons. The second-order valence-electron chi connectivity index (χ2n) is 5.70. The first-order valence-corrected chi connectivity index (χ1v) is 7.50. The minimum atomic E-state index is 0. The highest BCUT2D eigenvalue weighted by molar-refractivity contribution is 14.0. The zero-order valence-electron chi connectivity index (χ0n) is 12.5. The van der Waals surface area contributed by atoms with Gasteiger partial charge in [0, 0.05) is 30.6 Å². The van der Waals surface area contributed by atoms with E-state index in [1.165, 1.54) is 24.8 Å². The molecule has 0 spiro atoms. The van der Waals surface area contributed by atoms with Crippen LogP contribution < -0.4 is 15.4 Å². The number of guanidine groups is 1. The van der Waals surface area contributed by atoms with E-state index in [2.05, 4.69) is 33.8 Å². The monoisotopic (exact) mass is 401 g/mol. The van der Waals surface area contributed by atoms with Crippen LogP contribution in [-0.4, -0.2) is 32.7 Å². The average Bonchev–Trinajstić information content (AvgIpc) is 2.48. The van der Waals surface area contributed by atoms with Crippen LogP contribution in [0.3, 0.4) is 0 Å². The molecule has 2 N–H and O–H groups in total. The molecule has 1 aliphatic heterocycles. The summed E-state index contributed by atoms with van der Waals surface area (Å²) in [6.07, 6.45) is 4.85. The maximum atomic E-state index is 5.55. The molecule has 3 rings (SSSR count). The number of hydrogen-bond donors (Lipinski definition) is 2. The maximum absolute atomic E-state index is 5.55. The second-order valence-corrected chi connectivity index (χ2v) is 5.70. The second kappa shape index (κ2) is 7.33. The number of hydrogen-bond acceptors (Lipinski definition) is 4. The zero-order valence-corrected chi connectivity index (χ0v) is 14.9. The van der Waals surface area contributed by atoms with Gasteiger partial charge in [-0.15, -0.1) is 24.0 Å². The van der Waals surface area contributed by atoms with Crippen molar-refractivity contribution < 1.29 is 4.74 Å². The molecule has 0 atom stereocenters. The molecule has 0 unspecified atom stereocenters. The first-order chi connectivity index (χ1) is 9.84. The fourth-order valence-electron chi connectivity index (χ4n) is 3.13. The van der Waals surface area contributed by atoms with Gasteiger partial charge in [0.15, 0.2) is 5.96 Å². The molecule has 0 saturated heterocycles. The van der Waals surface area contributed by atoms with Crippen LogP contribution in [-0.2, 0) is 5.41 Å². The molecule has 0 aromatic heterocycles. The number of rotatable bonds is 4. The van der Waals surface area contributed by atoms with Crippen LogP contribution in [0.15, 0.2) is 29.3 Å². The van der Waals surface area contributed by atoms with E-state index in [0.717, 1.165) is 37.8 Å². The van der Waals surface area contributed by atoms with Gasteiger partial charge in [0.1, 0.15) is 5.75 Å². The number of ether oxygens (including phenoxy) is 1. The van der Waals surface area contributed by atoms with Crippen LogP contribution in [0.2, 0.25) is 0 Å². The average molecular weight is 401 g/mol. The lowest BCUT2D eigenvalue weighted by atomic mass is 9.64. The number of aliphatic imine (C=N–C) groups is 1. The predicted molar refractivity (Wildman–Crippen MR) is 96.9 cm³/mol. The molecule has 2 aliphatic rings. The molecule has 21 heavy (non-hydrogen) atoms. The number of methoxy groups -OCH3 is 1. The van der Waals surface area contributed by atoms with E-state index in [0.29, 0.717) is 0 Å². The van der Waals surface area contributed by atoms with Crippen LogP contribution >= 0.6 is 24.0 Å². The molecule has 5 heteroatoms. The van der Waals surface area contributed by atoms with Gasteiger partial charge in [-0.1, -0.05) is 24.6 Å². The number of para-hydroxylation sites is 1.